The molecule has 0 aliphatic carbocycles. The Morgan fingerprint density at radius 1 is 1.17 bits per heavy atom. The van der Waals surface area contributed by atoms with E-state index < -0.39 is 17.4 Å². The first-order valence-electron chi connectivity index (χ1n) is 10.0. The highest BCUT2D eigenvalue weighted by atomic mass is 16.4. The standard InChI is InChI=1S/C22H27N5O3/c23-22(21(29)30,20(28)27-11-2-1-3-12-27)14-18-5-4-10-25-19(18)13-16-6-8-17(9-7-16)15-26-24/h4-10,15H,1-3,11-14,23-24H2,(H,29,30). The number of carboxylic acids is 1. The largest absolute Gasteiger partial charge is 0.479 e. The molecule has 158 valence electrons. The minimum atomic E-state index is -2.02. The highest BCUT2D eigenvalue weighted by Crippen LogP contribution is 2.21. The number of hydrazone groups is 1. The maximum atomic E-state index is 13.0. The van der Waals surface area contributed by atoms with Crippen LogP contribution in [0, 0.1) is 0 Å². The van der Waals surface area contributed by atoms with Gasteiger partial charge in [0.15, 0.2) is 5.54 Å². The quantitative estimate of drug-likeness (QED) is 0.273. The van der Waals surface area contributed by atoms with E-state index in [0.717, 1.165) is 30.4 Å². The van der Waals surface area contributed by atoms with E-state index in [0.29, 0.717) is 30.8 Å². The summed E-state index contributed by atoms with van der Waals surface area (Å²) in [5.41, 5.74) is 7.41. The summed E-state index contributed by atoms with van der Waals surface area (Å²) in [4.78, 5) is 31.1. The van der Waals surface area contributed by atoms with Crippen LogP contribution in [-0.2, 0) is 22.4 Å². The fourth-order valence-corrected chi connectivity index (χ4v) is 3.71. The lowest BCUT2D eigenvalue weighted by Crippen LogP contribution is -2.62. The second-order valence-corrected chi connectivity index (χ2v) is 7.61. The van der Waals surface area contributed by atoms with Gasteiger partial charge >= 0.3 is 5.97 Å². The summed E-state index contributed by atoms with van der Waals surface area (Å²) < 4.78 is 0. The molecule has 1 unspecified atom stereocenters. The lowest BCUT2D eigenvalue weighted by Gasteiger charge is -2.34. The number of piperidine rings is 1. The topological polar surface area (TPSA) is 135 Å². The van der Waals surface area contributed by atoms with E-state index in [9.17, 15) is 14.7 Å². The van der Waals surface area contributed by atoms with Crippen molar-refractivity contribution in [3.8, 4) is 0 Å². The fourth-order valence-electron chi connectivity index (χ4n) is 3.71. The Balaban J connectivity index is 1.84. The predicted molar refractivity (Wildman–Crippen MR) is 114 cm³/mol. The molecule has 0 radical (unpaired) electrons. The summed E-state index contributed by atoms with van der Waals surface area (Å²) in [7, 11) is 0. The Kier molecular flexibility index (Phi) is 6.79. The van der Waals surface area contributed by atoms with Crippen molar-refractivity contribution in [3.05, 3.63) is 65.0 Å². The van der Waals surface area contributed by atoms with Gasteiger partial charge in [-0.3, -0.25) is 9.78 Å². The number of nitrogens with two attached hydrogens (primary N) is 2. The van der Waals surface area contributed by atoms with E-state index in [1.807, 2.05) is 24.3 Å². The lowest BCUT2D eigenvalue weighted by atomic mass is 9.88. The molecule has 2 aromatic rings. The summed E-state index contributed by atoms with van der Waals surface area (Å²) >= 11 is 0. The van der Waals surface area contributed by atoms with E-state index >= 15 is 0 Å². The van der Waals surface area contributed by atoms with Crippen molar-refractivity contribution in [1.82, 2.24) is 9.88 Å². The molecule has 1 aliphatic rings. The smallest absolute Gasteiger partial charge is 0.333 e. The van der Waals surface area contributed by atoms with Gasteiger partial charge in [-0.15, -0.1) is 0 Å². The van der Waals surface area contributed by atoms with Crippen molar-refractivity contribution >= 4 is 18.1 Å². The van der Waals surface area contributed by atoms with Gasteiger partial charge in [0, 0.05) is 37.8 Å². The Hall–Kier alpha value is -3.26. The van der Waals surface area contributed by atoms with Crippen LogP contribution in [0.15, 0.2) is 47.7 Å². The van der Waals surface area contributed by atoms with E-state index in [2.05, 4.69) is 10.1 Å². The van der Waals surface area contributed by atoms with E-state index in [-0.39, 0.29) is 6.42 Å². The van der Waals surface area contributed by atoms with Crippen LogP contribution in [0.1, 0.15) is 41.6 Å². The van der Waals surface area contributed by atoms with Crippen LogP contribution >= 0.6 is 0 Å². The molecule has 30 heavy (non-hydrogen) atoms. The number of aromatic nitrogens is 1. The Labute approximate surface area is 175 Å². The van der Waals surface area contributed by atoms with Crippen LogP contribution in [0.3, 0.4) is 0 Å². The monoisotopic (exact) mass is 409 g/mol. The molecular formula is C22H27N5O3. The molecule has 0 spiro atoms. The summed E-state index contributed by atoms with van der Waals surface area (Å²) in [5.74, 6) is 3.32. The molecule has 1 atom stereocenters. The van der Waals surface area contributed by atoms with Crippen LogP contribution in [0.4, 0.5) is 0 Å². The number of carboxylic acid groups (broad SMARTS) is 1. The first kappa shape index (κ1) is 21.4. The lowest BCUT2D eigenvalue weighted by molar-refractivity contribution is -0.153. The van der Waals surface area contributed by atoms with Crippen molar-refractivity contribution in [3.63, 3.8) is 0 Å². The number of aliphatic carboxylic acids is 1. The third kappa shape index (κ3) is 4.83. The number of hydrogen-bond acceptors (Lipinski definition) is 6. The predicted octanol–water partition coefficient (Wildman–Crippen LogP) is 1.30. The van der Waals surface area contributed by atoms with Gasteiger partial charge < -0.3 is 21.6 Å². The molecule has 1 aromatic carbocycles. The molecule has 1 amide bonds. The number of rotatable bonds is 7. The molecule has 1 saturated heterocycles. The third-order valence-electron chi connectivity index (χ3n) is 5.44. The average molecular weight is 409 g/mol. The first-order chi connectivity index (χ1) is 14.4. The molecule has 0 bridgehead atoms. The number of likely N-dealkylation sites (tertiary alicyclic amines) is 1. The van der Waals surface area contributed by atoms with E-state index in [1.54, 1.807) is 29.4 Å². The average Bonchev–Trinajstić information content (AvgIpc) is 2.76. The molecular weight excluding hydrogens is 382 g/mol. The molecule has 0 saturated carbocycles. The minimum Gasteiger partial charge on any atom is -0.479 e. The normalized spacial score (nSPS) is 16.4. The summed E-state index contributed by atoms with van der Waals surface area (Å²) in [6, 6.07) is 11.2. The highest BCUT2D eigenvalue weighted by molar-refractivity contribution is 6.06. The molecule has 5 N–H and O–H groups in total. The number of carbonyl (C=O) groups excluding carboxylic acids is 1. The SMILES string of the molecule is NN=Cc1ccc(Cc2ncccc2CC(N)(C(=O)O)C(=O)N2CCCCC2)cc1. The third-order valence-corrected chi connectivity index (χ3v) is 5.44. The number of nitrogens with zero attached hydrogens (tertiary/aromatic N) is 3. The van der Waals surface area contributed by atoms with Crippen molar-refractivity contribution in [2.75, 3.05) is 13.1 Å². The summed E-state index contributed by atoms with van der Waals surface area (Å²) in [5, 5.41) is 13.3. The molecule has 1 aromatic heterocycles. The summed E-state index contributed by atoms with van der Waals surface area (Å²) in [6.45, 7) is 1.09. The number of hydrogen-bond donors (Lipinski definition) is 3. The van der Waals surface area contributed by atoms with Crippen molar-refractivity contribution in [1.29, 1.82) is 0 Å². The maximum Gasteiger partial charge on any atom is 0.333 e. The van der Waals surface area contributed by atoms with Crippen LogP contribution in [0.2, 0.25) is 0 Å². The zero-order valence-corrected chi connectivity index (χ0v) is 16.8. The van der Waals surface area contributed by atoms with Crippen molar-refractivity contribution in [2.24, 2.45) is 16.7 Å². The number of pyridine rings is 1. The van der Waals surface area contributed by atoms with Crippen LogP contribution in [0.5, 0.6) is 0 Å². The molecule has 2 heterocycles. The summed E-state index contributed by atoms with van der Waals surface area (Å²) in [6.07, 6.45) is 6.35. The van der Waals surface area contributed by atoms with Gasteiger partial charge in [-0.1, -0.05) is 30.3 Å². The Morgan fingerprint density at radius 3 is 2.50 bits per heavy atom. The number of amides is 1. The van der Waals surface area contributed by atoms with Gasteiger partial charge in [0.05, 0.1) is 6.21 Å². The number of benzene rings is 1. The van der Waals surface area contributed by atoms with Gasteiger partial charge in [0.1, 0.15) is 0 Å². The highest BCUT2D eigenvalue weighted by Gasteiger charge is 2.45. The van der Waals surface area contributed by atoms with Crippen LogP contribution in [-0.4, -0.2) is 51.7 Å². The van der Waals surface area contributed by atoms with Gasteiger partial charge in [-0.05, 0) is 42.0 Å². The molecule has 1 fully saturated rings. The molecule has 8 nitrogen and oxygen atoms in total. The van der Waals surface area contributed by atoms with E-state index in [1.165, 1.54) is 0 Å². The van der Waals surface area contributed by atoms with Gasteiger partial charge in [-0.25, -0.2) is 4.79 Å². The van der Waals surface area contributed by atoms with Crippen LogP contribution < -0.4 is 11.6 Å². The fraction of sp³-hybridized carbons (Fsp3) is 0.364. The zero-order chi connectivity index (χ0) is 21.6. The first-order valence-corrected chi connectivity index (χ1v) is 10.0. The van der Waals surface area contributed by atoms with Crippen molar-refractivity contribution < 1.29 is 14.7 Å². The number of carbonyl (C=O) groups is 2. The van der Waals surface area contributed by atoms with Gasteiger partial charge in [0.2, 0.25) is 0 Å². The van der Waals surface area contributed by atoms with Crippen LogP contribution in [0.25, 0.3) is 0 Å². The minimum absolute atomic E-state index is 0.112. The van der Waals surface area contributed by atoms with Gasteiger partial charge in [-0.2, -0.15) is 5.10 Å². The molecule has 1 aliphatic heterocycles. The molecule has 8 heteroatoms. The van der Waals surface area contributed by atoms with E-state index in [4.69, 9.17) is 11.6 Å². The Morgan fingerprint density at radius 2 is 1.87 bits per heavy atom. The Bertz CT molecular complexity index is 923. The molecule has 3 rings (SSSR count). The zero-order valence-electron chi connectivity index (χ0n) is 16.8. The second kappa shape index (κ2) is 9.49. The van der Waals surface area contributed by atoms with Gasteiger partial charge in [0.25, 0.3) is 5.91 Å². The second-order valence-electron chi connectivity index (χ2n) is 7.61. The maximum absolute atomic E-state index is 13.0. The van der Waals surface area contributed by atoms with Crippen molar-refractivity contribution in [2.45, 2.75) is 37.6 Å².